The molecule has 0 radical (unpaired) electrons. The van der Waals surface area contributed by atoms with Gasteiger partial charge < -0.3 is 14.8 Å². The summed E-state index contributed by atoms with van der Waals surface area (Å²) in [6.45, 7) is 6.17. The van der Waals surface area contributed by atoms with E-state index in [1.165, 1.54) is 0 Å². The number of rotatable bonds is 10. The maximum Gasteiger partial charge on any atom is 0.234 e. The topological polar surface area (TPSA) is 54.0 Å². The molecule has 30 heavy (non-hydrogen) atoms. The molecule has 0 saturated carbocycles. The van der Waals surface area contributed by atoms with Crippen LogP contribution in [0.1, 0.15) is 5.56 Å². The van der Waals surface area contributed by atoms with Crippen molar-refractivity contribution in [3.05, 3.63) is 59.1 Å². The molecular weight excluding hydrogens is 402 g/mol. The van der Waals surface area contributed by atoms with E-state index in [2.05, 4.69) is 15.1 Å². The summed E-state index contributed by atoms with van der Waals surface area (Å²) in [5, 5.41) is 3.66. The van der Waals surface area contributed by atoms with E-state index in [1.807, 2.05) is 48.5 Å². The molecule has 6 nitrogen and oxygen atoms in total. The van der Waals surface area contributed by atoms with Crippen LogP contribution in [0.15, 0.2) is 48.5 Å². The van der Waals surface area contributed by atoms with Crippen molar-refractivity contribution in [3.63, 3.8) is 0 Å². The highest BCUT2D eigenvalue weighted by Gasteiger charge is 2.18. The second kappa shape index (κ2) is 11.8. The molecule has 0 spiro atoms. The molecule has 0 bridgehead atoms. The first kappa shape index (κ1) is 22.4. The van der Waals surface area contributed by atoms with Gasteiger partial charge in [0.25, 0.3) is 0 Å². The van der Waals surface area contributed by atoms with E-state index in [4.69, 9.17) is 21.1 Å². The van der Waals surface area contributed by atoms with Crippen molar-refractivity contribution in [2.75, 3.05) is 59.5 Å². The lowest BCUT2D eigenvalue weighted by Crippen LogP contribution is -2.50. The van der Waals surface area contributed by atoms with Gasteiger partial charge in [0.05, 0.1) is 18.7 Å². The van der Waals surface area contributed by atoms with Gasteiger partial charge in [0.15, 0.2) is 0 Å². The van der Waals surface area contributed by atoms with E-state index in [1.54, 1.807) is 7.11 Å². The van der Waals surface area contributed by atoms with Gasteiger partial charge in [0.2, 0.25) is 5.91 Å². The zero-order valence-corrected chi connectivity index (χ0v) is 18.2. The van der Waals surface area contributed by atoms with Gasteiger partial charge in [-0.1, -0.05) is 35.9 Å². The average Bonchev–Trinajstić information content (AvgIpc) is 2.76. The highest BCUT2D eigenvalue weighted by atomic mass is 35.5. The van der Waals surface area contributed by atoms with Gasteiger partial charge in [-0.05, 0) is 36.2 Å². The van der Waals surface area contributed by atoms with Gasteiger partial charge in [0, 0.05) is 39.3 Å². The minimum Gasteiger partial charge on any atom is -0.497 e. The number of carbonyl (C=O) groups excluding carboxylic acids is 1. The van der Waals surface area contributed by atoms with Gasteiger partial charge in [-0.2, -0.15) is 0 Å². The Morgan fingerprint density at radius 2 is 1.83 bits per heavy atom. The fraction of sp³-hybridized carbons (Fsp3) is 0.435. The Labute approximate surface area is 183 Å². The number of piperazine rings is 1. The van der Waals surface area contributed by atoms with Crippen LogP contribution in [-0.4, -0.2) is 75.2 Å². The number of halogens is 1. The van der Waals surface area contributed by atoms with Crippen LogP contribution in [0.2, 0.25) is 5.02 Å². The largest absolute Gasteiger partial charge is 0.497 e. The summed E-state index contributed by atoms with van der Waals surface area (Å²) < 4.78 is 11.0. The van der Waals surface area contributed by atoms with Gasteiger partial charge in [-0.25, -0.2) is 0 Å². The van der Waals surface area contributed by atoms with Crippen LogP contribution in [0.3, 0.4) is 0 Å². The Balaban J connectivity index is 1.28. The number of carbonyl (C=O) groups is 1. The fourth-order valence-electron chi connectivity index (χ4n) is 3.45. The number of ether oxygens (including phenoxy) is 2. The highest BCUT2D eigenvalue weighted by molar-refractivity contribution is 6.32. The van der Waals surface area contributed by atoms with Crippen LogP contribution >= 0.6 is 11.6 Å². The van der Waals surface area contributed by atoms with Crippen molar-refractivity contribution < 1.29 is 14.3 Å². The molecule has 2 aromatic carbocycles. The summed E-state index contributed by atoms with van der Waals surface area (Å²) in [6.07, 6.45) is 0.794. The standard InChI is InChI=1S/C23H30ClN3O3/c1-29-20-6-4-5-19(17-20)9-10-25-23(28)18-27-13-11-26(12-14-27)15-16-30-22-8-3-2-7-21(22)24/h2-8,17H,9-16,18H2,1H3,(H,25,28). The molecule has 1 aliphatic rings. The average molecular weight is 432 g/mol. The molecule has 0 aliphatic carbocycles. The zero-order chi connectivity index (χ0) is 21.2. The molecule has 7 heteroatoms. The first-order valence-electron chi connectivity index (χ1n) is 10.4. The second-order valence-corrected chi connectivity index (χ2v) is 7.76. The van der Waals surface area contributed by atoms with Crippen molar-refractivity contribution in [2.24, 2.45) is 0 Å². The van der Waals surface area contributed by atoms with Crippen molar-refractivity contribution in [1.82, 2.24) is 15.1 Å². The summed E-state index contributed by atoms with van der Waals surface area (Å²) in [7, 11) is 1.66. The molecule has 0 atom stereocenters. The summed E-state index contributed by atoms with van der Waals surface area (Å²) in [5.41, 5.74) is 1.15. The zero-order valence-electron chi connectivity index (χ0n) is 17.5. The third-order valence-corrected chi connectivity index (χ3v) is 5.52. The van der Waals surface area contributed by atoms with Crippen LogP contribution in [0, 0.1) is 0 Å². The number of hydrogen-bond donors (Lipinski definition) is 1. The first-order chi connectivity index (χ1) is 14.6. The van der Waals surface area contributed by atoms with E-state index >= 15 is 0 Å². The van der Waals surface area contributed by atoms with Crippen LogP contribution in [0.5, 0.6) is 11.5 Å². The Morgan fingerprint density at radius 1 is 1.07 bits per heavy atom. The molecule has 3 rings (SSSR count). The molecule has 1 fully saturated rings. The number of nitrogens with one attached hydrogen (secondary N) is 1. The minimum absolute atomic E-state index is 0.0772. The lowest BCUT2D eigenvalue weighted by Gasteiger charge is -2.34. The van der Waals surface area contributed by atoms with Crippen LogP contribution < -0.4 is 14.8 Å². The lowest BCUT2D eigenvalue weighted by molar-refractivity contribution is -0.122. The number of methoxy groups -OCH3 is 1. The summed E-state index contributed by atoms with van der Waals surface area (Å²) in [4.78, 5) is 16.8. The number of nitrogens with zero attached hydrogens (tertiary/aromatic N) is 2. The second-order valence-electron chi connectivity index (χ2n) is 7.35. The van der Waals surface area contributed by atoms with Crippen molar-refractivity contribution in [1.29, 1.82) is 0 Å². The maximum atomic E-state index is 12.2. The molecule has 162 valence electrons. The van der Waals surface area contributed by atoms with E-state index in [0.717, 1.165) is 56.2 Å². The molecule has 0 aromatic heterocycles. The molecule has 1 heterocycles. The molecule has 1 amide bonds. The SMILES string of the molecule is COc1cccc(CCNC(=O)CN2CCN(CCOc3ccccc3Cl)CC2)c1. The molecule has 2 aromatic rings. The third kappa shape index (κ3) is 7.20. The smallest absolute Gasteiger partial charge is 0.234 e. The minimum atomic E-state index is 0.0772. The van der Waals surface area contributed by atoms with Crippen molar-refractivity contribution >= 4 is 17.5 Å². The first-order valence-corrected chi connectivity index (χ1v) is 10.7. The van der Waals surface area contributed by atoms with Gasteiger partial charge >= 0.3 is 0 Å². The monoisotopic (exact) mass is 431 g/mol. The third-order valence-electron chi connectivity index (χ3n) is 5.20. The van der Waals surface area contributed by atoms with E-state index < -0.39 is 0 Å². The van der Waals surface area contributed by atoms with Gasteiger partial charge in [-0.15, -0.1) is 0 Å². The lowest BCUT2D eigenvalue weighted by atomic mass is 10.1. The molecule has 1 saturated heterocycles. The van der Waals surface area contributed by atoms with E-state index in [9.17, 15) is 4.79 Å². The summed E-state index contributed by atoms with van der Waals surface area (Å²) in [5.74, 6) is 1.64. The number of hydrogen-bond acceptors (Lipinski definition) is 5. The predicted octanol–water partition coefficient (Wildman–Crippen LogP) is 2.70. The predicted molar refractivity (Wildman–Crippen MR) is 120 cm³/mol. The fourth-order valence-corrected chi connectivity index (χ4v) is 3.64. The number of para-hydroxylation sites is 1. The molecule has 1 aliphatic heterocycles. The quantitative estimate of drug-likeness (QED) is 0.626. The van der Waals surface area contributed by atoms with E-state index in [0.29, 0.717) is 24.7 Å². The van der Waals surface area contributed by atoms with Crippen LogP contribution in [0.4, 0.5) is 0 Å². The Bertz CT molecular complexity index is 810. The maximum absolute atomic E-state index is 12.2. The molecular formula is C23H30ClN3O3. The Kier molecular flexibility index (Phi) is 8.81. The highest BCUT2D eigenvalue weighted by Crippen LogP contribution is 2.22. The normalized spacial score (nSPS) is 15.0. The van der Waals surface area contributed by atoms with Gasteiger partial charge in [-0.3, -0.25) is 14.6 Å². The van der Waals surface area contributed by atoms with Crippen molar-refractivity contribution in [2.45, 2.75) is 6.42 Å². The van der Waals surface area contributed by atoms with Gasteiger partial charge in [0.1, 0.15) is 18.1 Å². The van der Waals surface area contributed by atoms with Crippen molar-refractivity contribution in [3.8, 4) is 11.5 Å². The summed E-state index contributed by atoms with van der Waals surface area (Å²) >= 11 is 6.11. The number of benzene rings is 2. The summed E-state index contributed by atoms with van der Waals surface area (Å²) in [6, 6.07) is 15.5. The van der Waals surface area contributed by atoms with Crippen LogP contribution in [0.25, 0.3) is 0 Å². The Morgan fingerprint density at radius 3 is 2.60 bits per heavy atom. The molecule has 1 N–H and O–H groups in total. The van der Waals surface area contributed by atoms with E-state index in [-0.39, 0.29) is 5.91 Å². The Hall–Kier alpha value is -2.28. The van der Waals surface area contributed by atoms with Crippen LogP contribution in [-0.2, 0) is 11.2 Å². The number of amides is 1. The molecule has 0 unspecified atom stereocenters.